The van der Waals surface area contributed by atoms with Gasteiger partial charge in [-0.2, -0.15) is 5.10 Å². The fourth-order valence-electron chi connectivity index (χ4n) is 6.65. The van der Waals surface area contributed by atoms with Gasteiger partial charge in [0.1, 0.15) is 10.6 Å². The predicted octanol–water partition coefficient (Wildman–Crippen LogP) is 7.81. The number of hydrogen-bond acceptors (Lipinski definition) is 6. The maximum atomic E-state index is 13.2. The van der Waals surface area contributed by atoms with Gasteiger partial charge in [-0.3, -0.25) is 14.5 Å². The smallest absolute Gasteiger partial charge is 0.265 e. The van der Waals surface area contributed by atoms with Gasteiger partial charge in [0.25, 0.3) is 15.9 Å². The van der Waals surface area contributed by atoms with E-state index < -0.39 is 15.9 Å². The van der Waals surface area contributed by atoms with Crippen molar-refractivity contribution in [3.8, 4) is 16.9 Å². The number of aryl methyl sites for hydroxylation is 5. The molecule has 258 valence electrons. The molecule has 0 atom stereocenters. The molecule has 6 rings (SSSR count). The Morgan fingerprint density at radius 3 is 2.36 bits per heavy atom. The van der Waals surface area contributed by atoms with Crippen molar-refractivity contribution in [3.63, 3.8) is 0 Å². The van der Waals surface area contributed by atoms with Crippen molar-refractivity contribution in [1.82, 2.24) is 24.1 Å². The molecule has 11 heteroatoms. The molecule has 3 heterocycles. The van der Waals surface area contributed by atoms with Crippen molar-refractivity contribution < 1.29 is 17.9 Å². The Kier molecular flexibility index (Phi) is 9.87. The topological polar surface area (TPSA) is 108 Å². The SMILES string of the molecule is Cc1cc(OCCCc2c(C)n(Cc3cccc(C(=O)NS(=O)(=O)c4cccnc4)c3)c3c(-c4c(C)nn(C)c4C)cccc23)cc(C)c1Cl. The molecule has 0 spiro atoms. The van der Waals surface area contributed by atoms with Crippen molar-refractivity contribution in [1.29, 1.82) is 0 Å². The van der Waals surface area contributed by atoms with Crippen molar-refractivity contribution in [3.05, 3.63) is 129 Å². The van der Waals surface area contributed by atoms with Crippen molar-refractivity contribution >= 4 is 38.4 Å². The first-order chi connectivity index (χ1) is 23.9. The van der Waals surface area contributed by atoms with Crippen LogP contribution in [-0.2, 0) is 30.0 Å². The summed E-state index contributed by atoms with van der Waals surface area (Å²) in [6.07, 6.45) is 4.28. The van der Waals surface area contributed by atoms with Gasteiger partial charge in [0, 0.05) is 64.5 Å². The first-order valence-electron chi connectivity index (χ1n) is 16.4. The standard InChI is InChI=1S/C39H40ClN5O4S/c1-24-19-31(20-25(2)37(24)40)49-18-10-16-33-27(4)45(38-34(33)14-8-15-35(38)36-26(3)42-44(6)28(36)5)23-29-11-7-12-30(21-29)39(46)43-50(47,48)32-13-9-17-41-22-32/h7-9,11-15,17,19-22H,10,16,18,23H2,1-6H3,(H,43,46). The molecular weight excluding hydrogens is 670 g/mol. The van der Waals surface area contributed by atoms with Crippen LogP contribution in [0.4, 0.5) is 0 Å². The second-order valence-corrected chi connectivity index (χ2v) is 14.7. The number of nitrogens with one attached hydrogen (secondary N) is 1. The van der Waals surface area contributed by atoms with Gasteiger partial charge in [-0.25, -0.2) is 13.1 Å². The maximum absolute atomic E-state index is 13.2. The number of carbonyl (C=O) groups excluding carboxylic acids is 1. The van der Waals surface area contributed by atoms with E-state index in [2.05, 4.69) is 46.3 Å². The molecule has 0 aliphatic carbocycles. The molecule has 3 aromatic heterocycles. The lowest BCUT2D eigenvalue weighted by molar-refractivity contribution is 0.0981. The average Bonchev–Trinajstić information content (AvgIpc) is 3.51. The fraction of sp³-hybridized carbons (Fsp3) is 0.256. The zero-order valence-corrected chi connectivity index (χ0v) is 30.6. The summed E-state index contributed by atoms with van der Waals surface area (Å²) in [5, 5.41) is 6.62. The number of hydrogen-bond donors (Lipinski definition) is 1. The highest BCUT2D eigenvalue weighted by atomic mass is 35.5. The van der Waals surface area contributed by atoms with Crippen LogP contribution in [0.1, 0.15) is 56.1 Å². The van der Waals surface area contributed by atoms with Crippen LogP contribution >= 0.6 is 11.6 Å². The summed E-state index contributed by atoms with van der Waals surface area (Å²) in [6, 6.07) is 20.3. The Bertz CT molecular complexity index is 2320. The Morgan fingerprint density at radius 1 is 0.940 bits per heavy atom. The van der Waals surface area contributed by atoms with Crippen molar-refractivity contribution in [2.45, 2.75) is 58.9 Å². The molecule has 0 unspecified atom stereocenters. The zero-order valence-electron chi connectivity index (χ0n) is 29.0. The highest BCUT2D eigenvalue weighted by molar-refractivity contribution is 7.90. The van der Waals surface area contributed by atoms with Gasteiger partial charge in [-0.05, 0) is 106 Å². The minimum atomic E-state index is -4.08. The van der Waals surface area contributed by atoms with Crippen LogP contribution in [0.15, 0.2) is 84.0 Å². The quantitative estimate of drug-likeness (QED) is 0.138. The monoisotopic (exact) mass is 709 g/mol. The third-order valence-corrected chi connectivity index (χ3v) is 11.1. The number of carbonyl (C=O) groups is 1. The van der Waals surface area contributed by atoms with Crippen LogP contribution in [0, 0.1) is 34.6 Å². The highest BCUT2D eigenvalue weighted by Gasteiger charge is 2.23. The Morgan fingerprint density at radius 2 is 1.68 bits per heavy atom. The molecule has 0 bridgehead atoms. The molecular formula is C39H40ClN5O4S. The van der Waals surface area contributed by atoms with E-state index in [4.69, 9.17) is 21.4 Å². The van der Waals surface area contributed by atoms with Crippen LogP contribution < -0.4 is 9.46 Å². The molecule has 0 fully saturated rings. The Hall–Kier alpha value is -4.93. The molecule has 3 aromatic carbocycles. The minimum Gasteiger partial charge on any atom is -0.494 e. The van der Waals surface area contributed by atoms with Crippen molar-refractivity contribution in [2.75, 3.05) is 6.61 Å². The summed E-state index contributed by atoms with van der Waals surface area (Å²) in [7, 11) is -2.13. The number of fused-ring (bicyclic) bond motifs is 1. The Balaban J connectivity index is 1.34. The third kappa shape index (κ3) is 6.90. The molecule has 0 saturated carbocycles. The summed E-state index contributed by atoms with van der Waals surface area (Å²) < 4.78 is 38.2. The largest absolute Gasteiger partial charge is 0.494 e. The van der Waals surface area contributed by atoms with Crippen LogP contribution in [-0.4, -0.2) is 40.3 Å². The van der Waals surface area contributed by atoms with Crippen LogP contribution in [0.2, 0.25) is 5.02 Å². The van der Waals surface area contributed by atoms with Gasteiger partial charge in [-0.15, -0.1) is 0 Å². The molecule has 1 amide bonds. The van der Waals surface area contributed by atoms with E-state index in [-0.39, 0.29) is 10.5 Å². The number of amides is 1. The van der Waals surface area contributed by atoms with Gasteiger partial charge >= 0.3 is 0 Å². The predicted molar refractivity (Wildman–Crippen MR) is 198 cm³/mol. The van der Waals surface area contributed by atoms with Crippen LogP contribution in [0.3, 0.4) is 0 Å². The molecule has 0 saturated heterocycles. The first kappa shape index (κ1) is 34.9. The summed E-state index contributed by atoms with van der Waals surface area (Å²) in [5.41, 5.74) is 10.7. The lowest BCUT2D eigenvalue weighted by Crippen LogP contribution is -2.30. The molecule has 50 heavy (non-hydrogen) atoms. The molecule has 6 aromatic rings. The number of aromatic nitrogens is 4. The number of rotatable bonds is 11. The van der Waals surface area contributed by atoms with Gasteiger partial charge in [0.15, 0.2) is 0 Å². The van der Waals surface area contributed by atoms with Gasteiger partial charge in [0.05, 0.1) is 17.8 Å². The molecule has 1 N–H and O–H groups in total. The zero-order chi connectivity index (χ0) is 35.7. The number of nitrogens with zero attached hydrogens (tertiary/aromatic N) is 4. The molecule has 0 radical (unpaired) electrons. The van der Waals surface area contributed by atoms with E-state index in [1.54, 1.807) is 18.2 Å². The van der Waals surface area contributed by atoms with E-state index in [9.17, 15) is 13.2 Å². The average molecular weight is 710 g/mol. The highest BCUT2D eigenvalue weighted by Crippen LogP contribution is 2.38. The lowest BCUT2D eigenvalue weighted by atomic mass is 9.98. The van der Waals surface area contributed by atoms with E-state index in [1.807, 2.05) is 50.7 Å². The summed E-state index contributed by atoms with van der Waals surface area (Å²) in [4.78, 5) is 17.0. The fourth-order valence-corrected chi connectivity index (χ4v) is 7.70. The van der Waals surface area contributed by atoms with Gasteiger partial charge in [0.2, 0.25) is 0 Å². The normalized spacial score (nSPS) is 11.7. The number of ether oxygens (including phenoxy) is 1. The van der Waals surface area contributed by atoms with Crippen LogP contribution in [0.5, 0.6) is 5.75 Å². The van der Waals surface area contributed by atoms with Gasteiger partial charge in [-0.1, -0.05) is 41.9 Å². The number of pyridine rings is 1. The summed E-state index contributed by atoms with van der Waals surface area (Å²) in [6.45, 7) is 11.2. The van der Waals surface area contributed by atoms with Gasteiger partial charge < -0.3 is 9.30 Å². The minimum absolute atomic E-state index is 0.0798. The lowest BCUT2D eigenvalue weighted by Gasteiger charge is -2.14. The van der Waals surface area contributed by atoms with E-state index in [1.165, 1.54) is 30.1 Å². The number of halogens is 1. The molecule has 9 nitrogen and oxygen atoms in total. The second-order valence-electron chi connectivity index (χ2n) is 12.7. The summed E-state index contributed by atoms with van der Waals surface area (Å²) in [5.74, 6) is 0.101. The number of benzene rings is 3. The first-order valence-corrected chi connectivity index (χ1v) is 18.3. The van der Waals surface area contributed by atoms with Crippen molar-refractivity contribution in [2.24, 2.45) is 7.05 Å². The number of sulfonamides is 1. The molecule has 0 aliphatic heterocycles. The molecule has 0 aliphatic rings. The van der Waals surface area contributed by atoms with E-state index in [0.29, 0.717) is 13.2 Å². The maximum Gasteiger partial charge on any atom is 0.265 e. The van der Waals surface area contributed by atoms with E-state index in [0.717, 1.165) is 79.4 Å². The van der Waals surface area contributed by atoms with E-state index >= 15 is 0 Å². The van der Waals surface area contributed by atoms with Crippen LogP contribution in [0.25, 0.3) is 22.0 Å². The summed E-state index contributed by atoms with van der Waals surface area (Å²) >= 11 is 6.37. The Labute approximate surface area is 297 Å². The number of para-hydroxylation sites is 1. The second kappa shape index (κ2) is 14.1. The third-order valence-electron chi connectivity index (χ3n) is 9.20.